The van der Waals surface area contributed by atoms with E-state index >= 15 is 0 Å². The summed E-state index contributed by atoms with van der Waals surface area (Å²) in [7, 11) is 3.38. The number of aryl methyl sites for hydroxylation is 1. The van der Waals surface area contributed by atoms with E-state index in [9.17, 15) is 0 Å². The number of allylic oxidation sites excluding steroid dienone is 2. The smallest absolute Gasteiger partial charge is 0.118 e. The predicted octanol–water partition coefficient (Wildman–Crippen LogP) is 11.4. The second-order valence-corrected chi connectivity index (χ2v) is 11.5. The Balaban J connectivity index is 1.37. The van der Waals surface area contributed by atoms with Crippen LogP contribution in [0.3, 0.4) is 0 Å². The fourth-order valence-electron chi connectivity index (χ4n) is 5.59. The maximum absolute atomic E-state index is 5.46. The molecule has 0 amide bonds. The molecule has 0 saturated heterocycles. The highest BCUT2D eigenvalue weighted by Gasteiger charge is 2.13. The minimum Gasteiger partial charge on any atom is -0.497 e. The van der Waals surface area contributed by atoms with Gasteiger partial charge in [0.2, 0.25) is 0 Å². The molecule has 0 N–H and O–H groups in total. The molecule has 3 heteroatoms. The van der Waals surface area contributed by atoms with Gasteiger partial charge in [0.1, 0.15) is 11.5 Å². The molecular formula is C45H39NO2. The minimum atomic E-state index is 0.821. The first kappa shape index (κ1) is 31.9. The van der Waals surface area contributed by atoms with Crippen LogP contribution < -0.4 is 14.4 Å². The molecule has 0 aliphatic heterocycles. The first-order valence-corrected chi connectivity index (χ1v) is 16.1. The van der Waals surface area contributed by atoms with Gasteiger partial charge in [-0.15, -0.1) is 0 Å². The quantitative estimate of drug-likeness (QED) is 0.134. The second-order valence-electron chi connectivity index (χ2n) is 11.5. The van der Waals surface area contributed by atoms with E-state index in [0.29, 0.717) is 0 Å². The van der Waals surface area contributed by atoms with Crippen LogP contribution in [-0.2, 0) is 0 Å². The lowest BCUT2D eigenvalue weighted by Gasteiger charge is -2.24. The summed E-state index contributed by atoms with van der Waals surface area (Å²) in [5, 5.41) is 0. The van der Waals surface area contributed by atoms with Gasteiger partial charge in [0, 0.05) is 23.1 Å². The normalized spacial score (nSPS) is 10.7. The van der Waals surface area contributed by atoms with Crippen LogP contribution in [0.25, 0.3) is 17.2 Å². The Morgan fingerprint density at radius 3 is 1.38 bits per heavy atom. The molecule has 0 radical (unpaired) electrons. The molecule has 6 aromatic rings. The highest BCUT2D eigenvalue weighted by molar-refractivity contribution is 5.85. The van der Waals surface area contributed by atoms with E-state index in [1.54, 1.807) is 14.2 Å². The number of methoxy groups -OCH3 is 2. The summed E-state index contributed by atoms with van der Waals surface area (Å²) in [5.74, 6) is 1.64. The summed E-state index contributed by atoms with van der Waals surface area (Å²) in [4.78, 5) is 2.25. The zero-order valence-corrected chi connectivity index (χ0v) is 27.6. The molecule has 0 aromatic heterocycles. The van der Waals surface area contributed by atoms with Crippen molar-refractivity contribution in [2.45, 2.75) is 6.92 Å². The van der Waals surface area contributed by atoms with Gasteiger partial charge in [-0.1, -0.05) is 133 Å². The minimum absolute atomic E-state index is 0.821. The lowest BCUT2D eigenvalue weighted by molar-refractivity contribution is 0.414. The fourth-order valence-corrected chi connectivity index (χ4v) is 5.59. The van der Waals surface area contributed by atoms with Crippen molar-refractivity contribution in [2.75, 3.05) is 19.1 Å². The van der Waals surface area contributed by atoms with Crippen LogP contribution in [0.15, 0.2) is 176 Å². The van der Waals surface area contributed by atoms with Crippen molar-refractivity contribution in [3.05, 3.63) is 209 Å². The molecule has 48 heavy (non-hydrogen) atoms. The van der Waals surface area contributed by atoms with Gasteiger partial charge < -0.3 is 14.4 Å². The molecule has 0 bridgehead atoms. The van der Waals surface area contributed by atoms with Gasteiger partial charge in [0.05, 0.1) is 14.2 Å². The molecule has 0 aliphatic carbocycles. The number of anilines is 2. The molecule has 6 rings (SSSR count). The lowest BCUT2D eigenvalue weighted by atomic mass is 9.97. The molecule has 0 spiro atoms. The van der Waals surface area contributed by atoms with Crippen molar-refractivity contribution in [1.82, 2.24) is 0 Å². The highest BCUT2D eigenvalue weighted by atomic mass is 16.5. The number of benzene rings is 6. The molecule has 3 nitrogen and oxygen atoms in total. The molecule has 0 unspecified atom stereocenters. The average Bonchev–Trinajstić information content (AvgIpc) is 3.16. The summed E-state index contributed by atoms with van der Waals surface area (Å²) >= 11 is 0. The molecular weight excluding hydrogens is 587 g/mol. The van der Waals surface area contributed by atoms with Crippen LogP contribution in [-0.4, -0.2) is 14.2 Å². The van der Waals surface area contributed by atoms with Crippen molar-refractivity contribution in [2.24, 2.45) is 0 Å². The largest absolute Gasteiger partial charge is 0.497 e. The summed E-state index contributed by atoms with van der Waals surface area (Å²) < 4.78 is 10.9. The molecule has 6 aromatic carbocycles. The zero-order valence-electron chi connectivity index (χ0n) is 27.6. The summed E-state index contributed by atoms with van der Waals surface area (Å²) in [6, 6.07) is 54.8. The number of hydrogen-bond donors (Lipinski definition) is 0. The van der Waals surface area contributed by atoms with Crippen LogP contribution in [0.4, 0.5) is 11.4 Å². The standard InChI is InChI=1S/C45H39NO2/c1-34-17-25-40(26-18-34)46(33-45(38-21-29-42(47-2)30-22-38)39-23-31-43(48-3)32-24-39)41-27-19-35(20-28-41)11-10-16-44(36-12-6-4-7-13-36)37-14-8-5-9-15-37/h4-33H,1-3H3. The van der Waals surface area contributed by atoms with E-state index in [1.165, 1.54) is 22.3 Å². The molecule has 0 saturated carbocycles. The van der Waals surface area contributed by atoms with E-state index in [1.807, 2.05) is 24.3 Å². The monoisotopic (exact) mass is 625 g/mol. The summed E-state index contributed by atoms with van der Waals surface area (Å²) in [6.45, 7) is 2.11. The second kappa shape index (κ2) is 15.5. The third-order valence-corrected chi connectivity index (χ3v) is 8.26. The van der Waals surface area contributed by atoms with Crippen LogP contribution in [0.1, 0.15) is 33.4 Å². The Labute approximate surface area is 284 Å². The van der Waals surface area contributed by atoms with Gasteiger partial charge in [0.25, 0.3) is 0 Å². The Hall–Kier alpha value is -6.06. The fraction of sp³-hybridized carbons (Fsp3) is 0.0667. The first-order valence-electron chi connectivity index (χ1n) is 16.1. The van der Waals surface area contributed by atoms with Crippen LogP contribution in [0, 0.1) is 6.92 Å². The Morgan fingerprint density at radius 1 is 0.479 bits per heavy atom. The average molecular weight is 626 g/mol. The van der Waals surface area contributed by atoms with Crippen molar-refractivity contribution < 1.29 is 9.47 Å². The summed E-state index contributed by atoms with van der Waals surface area (Å²) in [6.07, 6.45) is 8.69. The summed E-state index contributed by atoms with van der Waals surface area (Å²) in [5.41, 5.74) is 11.3. The highest BCUT2D eigenvalue weighted by Crippen LogP contribution is 2.33. The van der Waals surface area contributed by atoms with Gasteiger partial charge in [-0.2, -0.15) is 0 Å². The lowest BCUT2D eigenvalue weighted by Crippen LogP contribution is -2.10. The van der Waals surface area contributed by atoms with Gasteiger partial charge in [-0.25, -0.2) is 0 Å². The maximum atomic E-state index is 5.46. The van der Waals surface area contributed by atoms with E-state index in [4.69, 9.17) is 9.47 Å². The van der Waals surface area contributed by atoms with E-state index < -0.39 is 0 Å². The van der Waals surface area contributed by atoms with Crippen LogP contribution >= 0.6 is 0 Å². The molecule has 0 heterocycles. The van der Waals surface area contributed by atoms with Crippen molar-refractivity contribution in [3.8, 4) is 11.5 Å². The topological polar surface area (TPSA) is 21.7 Å². The van der Waals surface area contributed by atoms with E-state index in [-0.39, 0.29) is 0 Å². The van der Waals surface area contributed by atoms with Crippen LogP contribution in [0.2, 0.25) is 0 Å². The van der Waals surface area contributed by atoms with Crippen molar-refractivity contribution in [1.29, 1.82) is 0 Å². The third kappa shape index (κ3) is 7.83. The SMILES string of the molecule is COc1ccc(C(=CN(c2ccc(C)cc2)c2ccc(C=CC=C(c3ccccc3)c3ccccc3)cc2)c2ccc(OC)cc2)cc1. The molecule has 0 aliphatic rings. The Morgan fingerprint density at radius 2 is 0.917 bits per heavy atom. The third-order valence-electron chi connectivity index (χ3n) is 8.26. The number of hydrogen-bond acceptors (Lipinski definition) is 3. The predicted molar refractivity (Wildman–Crippen MR) is 202 cm³/mol. The van der Waals surface area contributed by atoms with Gasteiger partial charge >= 0.3 is 0 Å². The number of rotatable bonds is 11. The van der Waals surface area contributed by atoms with E-state index in [2.05, 4.69) is 170 Å². The van der Waals surface area contributed by atoms with Crippen LogP contribution in [0.5, 0.6) is 11.5 Å². The molecule has 0 fully saturated rings. The number of nitrogens with zero attached hydrogens (tertiary/aromatic N) is 1. The first-order chi connectivity index (χ1) is 23.6. The number of ether oxygens (including phenoxy) is 2. The van der Waals surface area contributed by atoms with Crippen molar-refractivity contribution >= 4 is 28.6 Å². The molecule has 0 atom stereocenters. The van der Waals surface area contributed by atoms with Gasteiger partial charge in [-0.3, -0.25) is 0 Å². The Bertz CT molecular complexity index is 1900. The van der Waals surface area contributed by atoms with E-state index in [0.717, 1.165) is 45.1 Å². The Kier molecular flexibility index (Phi) is 10.3. The van der Waals surface area contributed by atoms with Gasteiger partial charge in [-0.05, 0) is 88.8 Å². The van der Waals surface area contributed by atoms with Gasteiger partial charge in [0.15, 0.2) is 0 Å². The zero-order chi connectivity index (χ0) is 33.1. The maximum Gasteiger partial charge on any atom is 0.118 e. The molecule has 236 valence electrons. The van der Waals surface area contributed by atoms with Crippen molar-refractivity contribution in [3.63, 3.8) is 0 Å².